The number of rotatable bonds is 3. The zero-order valence-corrected chi connectivity index (χ0v) is 15.4. The van der Waals surface area contributed by atoms with E-state index in [0.717, 1.165) is 30.2 Å². The van der Waals surface area contributed by atoms with Gasteiger partial charge in [0.1, 0.15) is 11.4 Å². The van der Waals surface area contributed by atoms with Crippen LogP contribution in [-0.2, 0) is 5.41 Å². The van der Waals surface area contributed by atoms with Crippen molar-refractivity contribution in [2.45, 2.75) is 26.2 Å². The minimum atomic E-state index is -0.0475. The van der Waals surface area contributed by atoms with Crippen LogP contribution in [0.2, 0.25) is 0 Å². The number of carbonyl (C=O) groups is 1. The summed E-state index contributed by atoms with van der Waals surface area (Å²) in [5.74, 6) is 0.857. The van der Waals surface area contributed by atoms with Crippen LogP contribution in [0.25, 0.3) is 0 Å². The maximum atomic E-state index is 12.7. The average Bonchev–Trinajstić information content (AvgIpc) is 3.12. The molecule has 1 amide bonds. The van der Waals surface area contributed by atoms with Gasteiger partial charge in [0, 0.05) is 37.3 Å². The Bertz CT molecular complexity index is 740. The van der Waals surface area contributed by atoms with Crippen LogP contribution in [0.4, 0.5) is 5.69 Å². The van der Waals surface area contributed by atoms with Crippen LogP contribution in [0.15, 0.2) is 30.3 Å². The van der Waals surface area contributed by atoms with Crippen molar-refractivity contribution in [2.75, 3.05) is 38.2 Å². The Labute approximate surface area is 148 Å². The lowest BCUT2D eigenvalue weighted by Crippen LogP contribution is -2.49. The monoisotopic (exact) mass is 342 g/mol. The molecule has 0 aliphatic carbocycles. The van der Waals surface area contributed by atoms with Crippen molar-refractivity contribution in [3.63, 3.8) is 0 Å². The van der Waals surface area contributed by atoms with E-state index in [2.05, 4.69) is 41.9 Å². The van der Waals surface area contributed by atoms with Crippen molar-refractivity contribution < 1.29 is 9.53 Å². The number of benzene rings is 1. The molecule has 1 saturated heterocycles. The Morgan fingerprint density at radius 3 is 2.44 bits per heavy atom. The highest BCUT2D eigenvalue weighted by Gasteiger charge is 2.26. The third-order valence-corrected chi connectivity index (χ3v) is 4.60. The van der Waals surface area contributed by atoms with E-state index in [4.69, 9.17) is 4.74 Å². The fourth-order valence-corrected chi connectivity index (χ4v) is 3.02. The quantitative estimate of drug-likeness (QED) is 0.932. The SMILES string of the molecule is COc1ccccc1N1CCN(C(=O)c2cc(C(C)(C)C)[nH]n2)CC1. The number of hydrogen-bond acceptors (Lipinski definition) is 4. The van der Waals surface area contributed by atoms with Gasteiger partial charge in [-0.25, -0.2) is 0 Å². The molecule has 1 aliphatic heterocycles. The fourth-order valence-electron chi connectivity index (χ4n) is 3.02. The minimum absolute atomic E-state index is 0.00794. The standard InChI is InChI=1S/C19H26N4O2/c1-19(2,3)17-13-14(20-21-17)18(24)23-11-9-22(10-12-23)15-7-5-6-8-16(15)25-4/h5-8,13H,9-12H2,1-4H3,(H,20,21). The second-order valence-corrected chi connectivity index (χ2v) is 7.37. The van der Waals surface area contributed by atoms with E-state index in [1.165, 1.54) is 0 Å². The van der Waals surface area contributed by atoms with Crippen LogP contribution in [0, 0.1) is 0 Å². The smallest absolute Gasteiger partial charge is 0.274 e. The van der Waals surface area contributed by atoms with E-state index in [-0.39, 0.29) is 11.3 Å². The highest BCUT2D eigenvalue weighted by atomic mass is 16.5. The van der Waals surface area contributed by atoms with Gasteiger partial charge in [0.05, 0.1) is 12.8 Å². The molecule has 0 saturated carbocycles. The summed E-state index contributed by atoms with van der Waals surface area (Å²) in [5, 5.41) is 7.20. The van der Waals surface area contributed by atoms with E-state index < -0.39 is 0 Å². The summed E-state index contributed by atoms with van der Waals surface area (Å²) >= 11 is 0. The van der Waals surface area contributed by atoms with Gasteiger partial charge < -0.3 is 14.5 Å². The number of para-hydroxylation sites is 2. The number of nitrogens with one attached hydrogen (secondary N) is 1. The Morgan fingerprint density at radius 1 is 1.16 bits per heavy atom. The summed E-state index contributed by atoms with van der Waals surface area (Å²) < 4.78 is 5.44. The zero-order chi connectivity index (χ0) is 18.0. The highest BCUT2D eigenvalue weighted by Crippen LogP contribution is 2.28. The maximum absolute atomic E-state index is 12.7. The predicted molar refractivity (Wildman–Crippen MR) is 98.4 cm³/mol. The second kappa shape index (κ2) is 6.78. The van der Waals surface area contributed by atoms with Crippen molar-refractivity contribution in [1.82, 2.24) is 15.1 Å². The number of methoxy groups -OCH3 is 1. The van der Waals surface area contributed by atoms with Crippen LogP contribution in [0.1, 0.15) is 37.0 Å². The van der Waals surface area contributed by atoms with Crippen molar-refractivity contribution in [3.05, 3.63) is 41.7 Å². The van der Waals surface area contributed by atoms with Gasteiger partial charge in [-0.3, -0.25) is 9.89 Å². The van der Waals surface area contributed by atoms with E-state index in [9.17, 15) is 4.79 Å². The molecular formula is C19H26N4O2. The maximum Gasteiger partial charge on any atom is 0.274 e. The minimum Gasteiger partial charge on any atom is -0.495 e. The lowest BCUT2D eigenvalue weighted by Gasteiger charge is -2.36. The van der Waals surface area contributed by atoms with Gasteiger partial charge in [-0.2, -0.15) is 5.10 Å². The number of aromatic nitrogens is 2. The van der Waals surface area contributed by atoms with Crippen molar-refractivity contribution in [1.29, 1.82) is 0 Å². The average molecular weight is 342 g/mol. The summed E-state index contributed by atoms with van der Waals surface area (Å²) in [6.45, 7) is 9.21. The highest BCUT2D eigenvalue weighted by molar-refractivity contribution is 5.92. The van der Waals surface area contributed by atoms with Gasteiger partial charge >= 0.3 is 0 Å². The second-order valence-electron chi connectivity index (χ2n) is 7.37. The van der Waals surface area contributed by atoms with Crippen LogP contribution in [0.3, 0.4) is 0 Å². The number of ether oxygens (including phenoxy) is 1. The number of hydrogen-bond donors (Lipinski definition) is 1. The van der Waals surface area contributed by atoms with Gasteiger partial charge in [0.2, 0.25) is 0 Å². The topological polar surface area (TPSA) is 61.5 Å². The molecule has 6 nitrogen and oxygen atoms in total. The Balaban J connectivity index is 1.66. The lowest BCUT2D eigenvalue weighted by atomic mass is 9.92. The number of aromatic amines is 1. The summed E-state index contributed by atoms with van der Waals surface area (Å²) in [7, 11) is 1.68. The lowest BCUT2D eigenvalue weighted by molar-refractivity contribution is 0.0740. The van der Waals surface area contributed by atoms with Crippen LogP contribution < -0.4 is 9.64 Å². The molecule has 6 heteroatoms. The molecule has 3 rings (SSSR count). The van der Waals surface area contributed by atoms with Crippen LogP contribution in [-0.4, -0.2) is 54.3 Å². The van der Waals surface area contributed by atoms with E-state index >= 15 is 0 Å². The molecule has 0 bridgehead atoms. The third kappa shape index (κ3) is 3.62. The van der Waals surface area contributed by atoms with E-state index in [0.29, 0.717) is 18.8 Å². The first kappa shape index (κ1) is 17.3. The fraction of sp³-hybridized carbons (Fsp3) is 0.474. The van der Waals surface area contributed by atoms with Crippen LogP contribution >= 0.6 is 0 Å². The summed E-state index contributed by atoms with van der Waals surface area (Å²) in [4.78, 5) is 16.8. The van der Waals surface area contributed by atoms with Gasteiger partial charge in [-0.15, -0.1) is 0 Å². The van der Waals surface area contributed by atoms with E-state index in [1.54, 1.807) is 7.11 Å². The molecule has 2 heterocycles. The number of amides is 1. The normalized spacial score (nSPS) is 15.4. The molecule has 2 aromatic rings. The molecule has 25 heavy (non-hydrogen) atoms. The van der Waals surface area contributed by atoms with Gasteiger partial charge in [0.15, 0.2) is 0 Å². The molecule has 134 valence electrons. The largest absolute Gasteiger partial charge is 0.495 e. The molecule has 0 unspecified atom stereocenters. The van der Waals surface area contributed by atoms with Gasteiger partial charge in [0.25, 0.3) is 5.91 Å². The van der Waals surface area contributed by atoms with E-state index in [1.807, 2.05) is 29.2 Å². The Kier molecular flexibility index (Phi) is 4.70. The zero-order valence-electron chi connectivity index (χ0n) is 15.4. The summed E-state index contributed by atoms with van der Waals surface area (Å²) in [6, 6.07) is 9.86. The predicted octanol–water partition coefficient (Wildman–Crippen LogP) is 2.68. The molecule has 0 spiro atoms. The molecule has 1 aromatic heterocycles. The molecule has 1 N–H and O–H groups in total. The number of nitrogens with zero attached hydrogens (tertiary/aromatic N) is 3. The first-order valence-corrected chi connectivity index (χ1v) is 8.63. The number of anilines is 1. The van der Waals surface area contributed by atoms with Crippen molar-refractivity contribution >= 4 is 11.6 Å². The molecule has 0 radical (unpaired) electrons. The van der Waals surface area contributed by atoms with Crippen molar-refractivity contribution in [3.8, 4) is 5.75 Å². The molecular weight excluding hydrogens is 316 g/mol. The summed E-state index contributed by atoms with van der Waals surface area (Å²) in [6.07, 6.45) is 0. The Morgan fingerprint density at radius 2 is 1.84 bits per heavy atom. The van der Waals surface area contributed by atoms with Gasteiger partial charge in [-0.05, 0) is 18.2 Å². The number of carbonyl (C=O) groups excluding carboxylic acids is 1. The summed E-state index contributed by atoms with van der Waals surface area (Å²) in [5.41, 5.74) is 2.50. The number of H-pyrrole nitrogens is 1. The Hall–Kier alpha value is -2.50. The van der Waals surface area contributed by atoms with Gasteiger partial charge in [-0.1, -0.05) is 32.9 Å². The first-order valence-electron chi connectivity index (χ1n) is 8.63. The molecule has 1 aromatic carbocycles. The molecule has 0 atom stereocenters. The molecule has 1 aliphatic rings. The number of piperazine rings is 1. The molecule has 1 fully saturated rings. The van der Waals surface area contributed by atoms with Crippen LogP contribution in [0.5, 0.6) is 5.75 Å². The third-order valence-electron chi connectivity index (χ3n) is 4.60. The first-order chi connectivity index (χ1) is 11.9. The van der Waals surface area contributed by atoms with Crippen molar-refractivity contribution in [2.24, 2.45) is 0 Å².